The van der Waals surface area contributed by atoms with Gasteiger partial charge in [0, 0.05) is 15.8 Å². The molecule has 1 saturated carbocycles. The van der Waals surface area contributed by atoms with Gasteiger partial charge in [0.05, 0.1) is 5.56 Å². The first-order valence-corrected chi connectivity index (χ1v) is 7.34. The number of carboxylic acids is 1. The molecule has 104 valence electrons. The fourth-order valence-electron chi connectivity index (χ4n) is 2.50. The Labute approximate surface area is 116 Å². The van der Waals surface area contributed by atoms with Crippen molar-refractivity contribution in [2.24, 2.45) is 5.92 Å². The Morgan fingerprint density at radius 2 is 2.21 bits per heavy atom. The number of thioether (sulfide) groups is 1. The number of hydrogen-bond donors (Lipinski definition) is 2. The summed E-state index contributed by atoms with van der Waals surface area (Å²) in [5.41, 5.74) is 5.82. The van der Waals surface area contributed by atoms with Crippen molar-refractivity contribution >= 4 is 23.4 Å². The van der Waals surface area contributed by atoms with Gasteiger partial charge in [0.1, 0.15) is 5.82 Å². The van der Waals surface area contributed by atoms with E-state index in [4.69, 9.17) is 10.8 Å². The van der Waals surface area contributed by atoms with Gasteiger partial charge in [-0.1, -0.05) is 19.8 Å². The first-order valence-electron chi connectivity index (χ1n) is 6.46. The number of nitrogens with two attached hydrogens (primary N) is 1. The molecule has 2 unspecified atom stereocenters. The summed E-state index contributed by atoms with van der Waals surface area (Å²) < 4.78 is 13.7. The van der Waals surface area contributed by atoms with Crippen LogP contribution in [0.2, 0.25) is 0 Å². The van der Waals surface area contributed by atoms with Gasteiger partial charge in [0.2, 0.25) is 0 Å². The quantitative estimate of drug-likeness (QED) is 0.829. The second kappa shape index (κ2) is 5.82. The number of benzene rings is 1. The predicted octanol–water partition coefficient (Wildman–Crippen LogP) is 3.78. The molecular formula is C14H18FNO2S. The maximum Gasteiger partial charge on any atom is 0.338 e. The fraction of sp³-hybridized carbons (Fsp3) is 0.500. The molecule has 3 nitrogen and oxygen atoms in total. The monoisotopic (exact) mass is 283 g/mol. The number of carboxylic acid groups (broad SMARTS) is 1. The van der Waals surface area contributed by atoms with E-state index in [2.05, 4.69) is 6.92 Å². The van der Waals surface area contributed by atoms with Crippen LogP contribution >= 0.6 is 11.8 Å². The average Bonchev–Trinajstić information content (AvgIpc) is 2.33. The predicted molar refractivity (Wildman–Crippen MR) is 75.0 cm³/mol. The van der Waals surface area contributed by atoms with Crippen LogP contribution < -0.4 is 5.73 Å². The molecular weight excluding hydrogens is 265 g/mol. The van der Waals surface area contributed by atoms with Gasteiger partial charge in [0.25, 0.3) is 0 Å². The lowest BCUT2D eigenvalue weighted by molar-refractivity contribution is 0.0692. The van der Waals surface area contributed by atoms with E-state index in [9.17, 15) is 9.18 Å². The van der Waals surface area contributed by atoms with E-state index in [0.717, 1.165) is 12.8 Å². The van der Waals surface area contributed by atoms with Gasteiger partial charge in [-0.3, -0.25) is 0 Å². The van der Waals surface area contributed by atoms with Crippen LogP contribution in [-0.4, -0.2) is 16.3 Å². The zero-order chi connectivity index (χ0) is 14.0. The molecule has 1 fully saturated rings. The van der Waals surface area contributed by atoms with Crippen molar-refractivity contribution in [3.05, 3.63) is 23.5 Å². The molecule has 0 spiro atoms. The Balaban J connectivity index is 2.16. The largest absolute Gasteiger partial charge is 0.478 e. The number of hydrogen-bond acceptors (Lipinski definition) is 3. The molecule has 0 bridgehead atoms. The molecule has 0 aromatic heterocycles. The van der Waals surface area contributed by atoms with E-state index in [1.54, 1.807) is 11.8 Å². The smallest absolute Gasteiger partial charge is 0.338 e. The fourth-order valence-corrected chi connectivity index (χ4v) is 3.94. The zero-order valence-corrected chi connectivity index (χ0v) is 11.7. The maximum atomic E-state index is 13.7. The molecule has 0 radical (unpaired) electrons. The summed E-state index contributed by atoms with van der Waals surface area (Å²) in [5.74, 6) is -1.31. The number of aromatic carboxylic acids is 1. The first kappa shape index (κ1) is 14.2. The Morgan fingerprint density at radius 3 is 2.84 bits per heavy atom. The van der Waals surface area contributed by atoms with Gasteiger partial charge in [0.15, 0.2) is 0 Å². The third-order valence-corrected chi connectivity index (χ3v) is 4.88. The van der Waals surface area contributed by atoms with Gasteiger partial charge < -0.3 is 10.8 Å². The van der Waals surface area contributed by atoms with Crippen molar-refractivity contribution in [2.75, 3.05) is 5.73 Å². The van der Waals surface area contributed by atoms with Crippen molar-refractivity contribution in [3.8, 4) is 0 Å². The Kier molecular flexibility index (Phi) is 4.34. The standard InChI is InChI=1S/C14H18FNO2S/c1-8-3-2-4-9(5-8)19-13-7-11(15)10(14(17)18)6-12(13)16/h6-9H,2-5,16H2,1H3,(H,17,18). The van der Waals surface area contributed by atoms with Crippen molar-refractivity contribution in [1.29, 1.82) is 0 Å². The maximum absolute atomic E-state index is 13.7. The lowest BCUT2D eigenvalue weighted by Gasteiger charge is -2.26. The lowest BCUT2D eigenvalue weighted by atomic mass is 9.91. The second-order valence-corrected chi connectivity index (χ2v) is 6.53. The molecule has 2 rings (SSSR count). The Hall–Kier alpha value is -1.23. The molecule has 0 saturated heterocycles. The summed E-state index contributed by atoms with van der Waals surface area (Å²) >= 11 is 1.57. The average molecular weight is 283 g/mol. The van der Waals surface area contributed by atoms with Crippen molar-refractivity contribution in [3.63, 3.8) is 0 Å². The number of halogens is 1. The minimum absolute atomic E-state index is 0.349. The van der Waals surface area contributed by atoms with E-state index in [1.807, 2.05) is 0 Å². The number of nitrogen functional groups attached to an aromatic ring is 1. The molecule has 1 aliphatic carbocycles. The van der Waals surface area contributed by atoms with Crippen LogP contribution in [0, 0.1) is 11.7 Å². The molecule has 1 aromatic carbocycles. The van der Waals surface area contributed by atoms with Gasteiger partial charge in [-0.05, 0) is 30.9 Å². The summed E-state index contributed by atoms with van der Waals surface area (Å²) in [6, 6.07) is 2.47. The highest BCUT2D eigenvalue weighted by Crippen LogP contribution is 2.38. The molecule has 3 N–H and O–H groups in total. The summed E-state index contributed by atoms with van der Waals surface area (Å²) in [7, 11) is 0. The molecule has 1 aliphatic rings. The molecule has 5 heteroatoms. The summed E-state index contributed by atoms with van der Waals surface area (Å²) in [4.78, 5) is 11.5. The van der Waals surface area contributed by atoms with Crippen molar-refractivity contribution in [2.45, 2.75) is 42.8 Å². The lowest BCUT2D eigenvalue weighted by Crippen LogP contribution is -2.15. The zero-order valence-electron chi connectivity index (χ0n) is 10.9. The van der Waals surface area contributed by atoms with Crippen molar-refractivity contribution in [1.82, 2.24) is 0 Å². The summed E-state index contributed by atoms with van der Waals surface area (Å²) in [6.45, 7) is 2.23. The number of anilines is 1. The Morgan fingerprint density at radius 1 is 1.47 bits per heavy atom. The summed E-state index contributed by atoms with van der Waals surface area (Å²) in [6.07, 6.45) is 4.65. The molecule has 0 heterocycles. The first-order chi connectivity index (χ1) is 8.97. The highest BCUT2D eigenvalue weighted by Gasteiger charge is 2.22. The molecule has 0 amide bonds. The topological polar surface area (TPSA) is 63.3 Å². The second-order valence-electron chi connectivity index (χ2n) is 5.19. The summed E-state index contributed by atoms with van der Waals surface area (Å²) in [5, 5.41) is 9.28. The normalized spacial score (nSPS) is 23.3. The van der Waals surface area contributed by atoms with E-state index in [1.165, 1.54) is 25.0 Å². The highest BCUT2D eigenvalue weighted by molar-refractivity contribution is 8.00. The van der Waals surface area contributed by atoms with Gasteiger partial charge in [-0.2, -0.15) is 0 Å². The third kappa shape index (κ3) is 3.41. The van der Waals surface area contributed by atoms with Crippen LogP contribution in [0.1, 0.15) is 43.0 Å². The van der Waals surface area contributed by atoms with E-state index >= 15 is 0 Å². The van der Waals surface area contributed by atoms with Crippen LogP contribution in [-0.2, 0) is 0 Å². The number of carbonyl (C=O) groups is 1. The van der Waals surface area contributed by atoms with Crippen LogP contribution in [0.5, 0.6) is 0 Å². The third-order valence-electron chi connectivity index (χ3n) is 3.51. The molecule has 1 aromatic rings. The highest BCUT2D eigenvalue weighted by atomic mass is 32.2. The van der Waals surface area contributed by atoms with E-state index in [-0.39, 0.29) is 5.56 Å². The van der Waals surface area contributed by atoms with Crippen LogP contribution in [0.15, 0.2) is 17.0 Å². The van der Waals surface area contributed by atoms with Gasteiger partial charge in [-0.25, -0.2) is 9.18 Å². The molecule has 2 atom stereocenters. The minimum Gasteiger partial charge on any atom is -0.478 e. The minimum atomic E-state index is -1.29. The van der Waals surface area contributed by atoms with Crippen LogP contribution in [0.25, 0.3) is 0 Å². The molecule has 19 heavy (non-hydrogen) atoms. The van der Waals surface area contributed by atoms with Gasteiger partial charge >= 0.3 is 5.97 Å². The van der Waals surface area contributed by atoms with E-state index < -0.39 is 11.8 Å². The van der Waals surface area contributed by atoms with E-state index in [0.29, 0.717) is 21.8 Å². The van der Waals surface area contributed by atoms with Gasteiger partial charge in [-0.15, -0.1) is 11.8 Å². The number of rotatable bonds is 3. The van der Waals surface area contributed by atoms with Crippen molar-refractivity contribution < 1.29 is 14.3 Å². The van der Waals surface area contributed by atoms with Crippen LogP contribution in [0.3, 0.4) is 0 Å². The molecule has 0 aliphatic heterocycles. The Bertz CT molecular complexity index is 493. The van der Waals surface area contributed by atoms with Crippen LogP contribution in [0.4, 0.5) is 10.1 Å². The SMILES string of the molecule is CC1CCCC(Sc2cc(F)c(C(=O)O)cc2N)C1.